The zero-order valence-corrected chi connectivity index (χ0v) is 16.1. The van der Waals surface area contributed by atoms with Crippen molar-refractivity contribution in [1.82, 2.24) is 4.98 Å². The summed E-state index contributed by atoms with van der Waals surface area (Å²) in [6.45, 7) is 4.02. The molecule has 2 aromatic carbocycles. The summed E-state index contributed by atoms with van der Waals surface area (Å²) in [4.78, 5) is 18.8. The second-order valence-corrected chi connectivity index (χ2v) is 6.86. The first kappa shape index (κ1) is 18.5. The molecule has 2 N–H and O–H groups in total. The van der Waals surface area contributed by atoms with Crippen LogP contribution in [0.4, 0.5) is 22.7 Å². The van der Waals surface area contributed by atoms with Crippen molar-refractivity contribution >= 4 is 28.7 Å². The Morgan fingerprint density at radius 3 is 2.15 bits per heavy atom. The largest absolute Gasteiger partial charge is 0.378 e. The first-order valence-electron chi connectivity index (χ1n) is 8.80. The van der Waals surface area contributed by atoms with Crippen LogP contribution >= 0.6 is 0 Å². The van der Waals surface area contributed by atoms with Gasteiger partial charge in [0, 0.05) is 37.4 Å². The molecule has 0 atom stereocenters. The number of nitrogens with zero attached hydrogens (tertiary/aromatic N) is 2. The van der Waals surface area contributed by atoms with Crippen LogP contribution in [0.15, 0.2) is 60.9 Å². The van der Waals surface area contributed by atoms with Crippen molar-refractivity contribution in [2.75, 3.05) is 29.6 Å². The number of amides is 1. The number of rotatable bonds is 5. The zero-order valence-electron chi connectivity index (χ0n) is 16.1. The van der Waals surface area contributed by atoms with Crippen LogP contribution in [-0.2, 0) is 0 Å². The van der Waals surface area contributed by atoms with E-state index in [1.807, 2.05) is 69.2 Å². The van der Waals surface area contributed by atoms with Gasteiger partial charge in [-0.2, -0.15) is 0 Å². The highest BCUT2D eigenvalue weighted by Gasteiger charge is 2.09. The topological polar surface area (TPSA) is 57.3 Å². The van der Waals surface area contributed by atoms with E-state index < -0.39 is 0 Å². The molecule has 0 radical (unpaired) electrons. The lowest BCUT2D eigenvalue weighted by molar-refractivity contribution is 0.102. The highest BCUT2D eigenvalue weighted by atomic mass is 16.1. The third-order valence-electron chi connectivity index (χ3n) is 4.15. The van der Waals surface area contributed by atoms with Crippen LogP contribution in [0.25, 0.3) is 0 Å². The van der Waals surface area contributed by atoms with Gasteiger partial charge in [0.1, 0.15) is 0 Å². The molecule has 3 rings (SSSR count). The van der Waals surface area contributed by atoms with Crippen molar-refractivity contribution in [2.45, 2.75) is 13.8 Å². The third kappa shape index (κ3) is 4.85. The average Bonchev–Trinajstić information content (AvgIpc) is 2.61. The Bertz CT molecular complexity index is 929. The van der Waals surface area contributed by atoms with Gasteiger partial charge in [0.05, 0.1) is 17.4 Å². The summed E-state index contributed by atoms with van der Waals surface area (Å²) in [5.41, 5.74) is 6.34. The number of hydrogen-bond acceptors (Lipinski definition) is 4. The summed E-state index contributed by atoms with van der Waals surface area (Å²) >= 11 is 0. The van der Waals surface area contributed by atoms with Crippen LogP contribution in [0.3, 0.4) is 0 Å². The van der Waals surface area contributed by atoms with Gasteiger partial charge >= 0.3 is 0 Å². The molecule has 1 heterocycles. The Morgan fingerprint density at radius 1 is 0.852 bits per heavy atom. The normalized spacial score (nSPS) is 10.4. The lowest BCUT2D eigenvalue weighted by Gasteiger charge is -2.13. The Labute approximate surface area is 160 Å². The number of hydrogen-bond donors (Lipinski definition) is 2. The second kappa shape index (κ2) is 7.91. The first-order chi connectivity index (χ1) is 12.9. The van der Waals surface area contributed by atoms with Crippen LogP contribution in [0, 0.1) is 13.8 Å². The maximum atomic E-state index is 12.6. The molecule has 0 fully saturated rings. The molecule has 0 aliphatic rings. The minimum atomic E-state index is -0.181. The fourth-order valence-electron chi connectivity index (χ4n) is 2.89. The maximum absolute atomic E-state index is 12.6. The molecule has 5 nitrogen and oxygen atoms in total. The second-order valence-electron chi connectivity index (χ2n) is 6.86. The van der Waals surface area contributed by atoms with E-state index in [1.54, 1.807) is 18.5 Å². The first-order valence-corrected chi connectivity index (χ1v) is 8.80. The lowest BCUT2D eigenvalue weighted by atomic mass is 10.1. The fraction of sp³-hybridized carbons (Fsp3) is 0.182. The lowest BCUT2D eigenvalue weighted by Crippen LogP contribution is -2.12. The zero-order chi connectivity index (χ0) is 19.4. The van der Waals surface area contributed by atoms with Crippen LogP contribution in [0.5, 0.6) is 0 Å². The van der Waals surface area contributed by atoms with E-state index in [9.17, 15) is 4.79 Å². The van der Waals surface area contributed by atoms with E-state index in [0.717, 1.165) is 33.9 Å². The average molecular weight is 360 g/mol. The number of pyridine rings is 1. The number of aromatic nitrogens is 1. The van der Waals surface area contributed by atoms with E-state index >= 15 is 0 Å². The van der Waals surface area contributed by atoms with Crippen LogP contribution < -0.4 is 15.5 Å². The van der Waals surface area contributed by atoms with E-state index in [1.165, 1.54) is 0 Å². The molecular formula is C22H24N4O. The molecule has 0 spiro atoms. The van der Waals surface area contributed by atoms with Gasteiger partial charge in [0.25, 0.3) is 5.91 Å². The maximum Gasteiger partial charge on any atom is 0.257 e. The van der Waals surface area contributed by atoms with E-state index in [2.05, 4.69) is 21.7 Å². The highest BCUT2D eigenvalue weighted by molar-refractivity contribution is 6.04. The van der Waals surface area contributed by atoms with Crippen LogP contribution in [0.2, 0.25) is 0 Å². The third-order valence-corrected chi connectivity index (χ3v) is 4.15. The minimum absolute atomic E-state index is 0.181. The van der Waals surface area contributed by atoms with Crippen LogP contribution in [0.1, 0.15) is 21.5 Å². The van der Waals surface area contributed by atoms with Gasteiger partial charge in [-0.15, -0.1) is 0 Å². The molecule has 5 heteroatoms. The quantitative estimate of drug-likeness (QED) is 0.689. The molecule has 0 saturated heterocycles. The Morgan fingerprint density at radius 2 is 1.52 bits per heavy atom. The molecular weight excluding hydrogens is 336 g/mol. The molecule has 27 heavy (non-hydrogen) atoms. The molecule has 0 bridgehead atoms. The monoisotopic (exact) mass is 360 g/mol. The number of nitrogens with one attached hydrogen (secondary N) is 2. The number of anilines is 4. The van der Waals surface area contributed by atoms with Crippen molar-refractivity contribution in [1.29, 1.82) is 0 Å². The van der Waals surface area contributed by atoms with Gasteiger partial charge < -0.3 is 15.5 Å². The van der Waals surface area contributed by atoms with Gasteiger partial charge in [-0.05, 0) is 67.4 Å². The Kier molecular flexibility index (Phi) is 5.41. The predicted molar refractivity (Wildman–Crippen MR) is 112 cm³/mol. The van der Waals surface area contributed by atoms with Crippen molar-refractivity contribution < 1.29 is 4.79 Å². The van der Waals surface area contributed by atoms with E-state index in [-0.39, 0.29) is 5.91 Å². The minimum Gasteiger partial charge on any atom is -0.378 e. The van der Waals surface area contributed by atoms with Gasteiger partial charge in [0.15, 0.2) is 0 Å². The number of carbonyl (C=O) groups excluding carboxylic acids is 1. The molecule has 1 aromatic heterocycles. The summed E-state index contributed by atoms with van der Waals surface area (Å²) in [5.74, 6) is -0.181. The number of benzene rings is 2. The predicted octanol–water partition coefficient (Wildman–Crippen LogP) is 4.76. The summed E-state index contributed by atoms with van der Waals surface area (Å²) < 4.78 is 0. The molecule has 0 aliphatic carbocycles. The molecule has 0 aliphatic heterocycles. The number of carbonyl (C=O) groups is 1. The molecule has 0 saturated carbocycles. The summed E-state index contributed by atoms with van der Waals surface area (Å²) in [6.07, 6.45) is 3.27. The van der Waals surface area contributed by atoms with E-state index in [4.69, 9.17) is 0 Å². The molecule has 138 valence electrons. The van der Waals surface area contributed by atoms with Gasteiger partial charge in [-0.3, -0.25) is 9.78 Å². The standard InChI is InChI=1S/C22H24N4O/c1-15-9-16(2)11-19(10-15)25-22(27)17-12-20(14-23-13-17)24-18-5-7-21(8-6-18)26(3)4/h5-14,24H,1-4H3,(H,25,27). The smallest absolute Gasteiger partial charge is 0.257 e. The van der Waals surface area contributed by atoms with Crippen molar-refractivity contribution in [3.8, 4) is 0 Å². The fourth-order valence-corrected chi connectivity index (χ4v) is 2.89. The summed E-state index contributed by atoms with van der Waals surface area (Å²) in [5, 5.41) is 6.23. The Hall–Kier alpha value is -3.34. The van der Waals surface area contributed by atoms with Gasteiger partial charge in [-0.1, -0.05) is 6.07 Å². The highest BCUT2D eigenvalue weighted by Crippen LogP contribution is 2.21. The van der Waals surface area contributed by atoms with Crippen molar-refractivity contribution in [2.24, 2.45) is 0 Å². The molecule has 3 aromatic rings. The molecule has 0 unspecified atom stereocenters. The van der Waals surface area contributed by atoms with Crippen molar-refractivity contribution in [3.05, 3.63) is 77.6 Å². The van der Waals surface area contributed by atoms with Crippen LogP contribution in [-0.4, -0.2) is 25.0 Å². The van der Waals surface area contributed by atoms with Gasteiger partial charge in [-0.25, -0.2) is 0 Å². The molecule has 1 amide bonds. The van der Waals surface area contributed by atoms with Gasteiger partial charge in [0.2, 0.25) is 0 Å². The van der Waals surface area contributed by atoms with E-state index in [0.29, 0.717) is 5.56 Å². The summed E-state index contributed by atoms with van der Waals surface area (Å²) in [6, 6.07) is 15.8. The Balaban J connectivity index is 1.73. The summed E-state index contributed by atoms with van der Waals surface area (Å²) in [7, 11) is 4.01. The number of aryl methyl sites for hydroxylation is 2. The van der Waals surface area contributed by atoms with Crippen molar-refractivity contribution in [3.63, 3.8) is 0 Å². The SMILES string of the molecule is Cc1cc(C)cc(NC(=O)c2cncc(Nc3ccc(N(C)C)cc3)c2)c1.